The van der Waals surface area contributed by atoms with Gasteiger partial charge in [0.2, 0.25) is 0 Å². The molecule has 0 amide bonds. The maximum absolute atomic E-state index is 3.94. The zero-order valence-electron chi connectivity index (χ0n) is 8.75. The predicted octanol–water partition coefficient (Wildman–Crippen LogP) is 3.18. The molecule has 0 unspecified atom stereocenters. The molecule has 2 nitrogen and oxygen atoms in total. The molecule has 1 aromatic rings. The number of allylic oxidation sites excluding steroid dienone is 1. The summed E-state index contributed by atoms with van der Waals surface area (Å²) in [5.41, 5.74) is 3.16. The molecule has 1 rings (SSSR count). The minimum atomic E-state index is 0.924. The van der Waals surface area contributed by atoms with Crippen LogP contribution in [-0.2, 0) is 0 Å². The number of hydrogen-bond donors (Lipinski definition) is 1. The van der Waals surface area contributed by atoms with Crippen LogP contribution in [0.3, 0.4) is 0 Å². The van der Waals surface area contributed by atoms with Crippen LogP contribution in [0.15, 0.2) is 35.3 Å². The highest BCUT2D eigenvalue weighted by molar-refractivity contribution is 5.69. The molecule has 0 aromatic heterocycles. The van der Waals surface area contributed by atoms with Crippen LogP contribution in [-0.4, -0.2) is 13.3 Å². The summed E-state index contributed by atoms with van der Waals surface area (Å²) in [7, 11) is 0. The van der Waals surface area contributed by atoms with Crippen molar-refractivity contribution in [3.8, 4) is 0 Å². The third kappa shape index (κ3) is 2.46. The Labute approximate surface area is 85.4 Å². The largest absolute Gasteiger partial charge is 0.385 e. The van der Waals surface area contributed by atoms with Crippen LogP contribution < -0.4 is 5.32 Å². The maximum atomic E-state index is 3.94. The first-order valence-electron chi connectivity index (χ1n) is 4.79. The van der Waals surface area contributed by atoms with Crippen molar-refractivity contribution >= 4 is 18.1 Å². The fourth-order valence-corrected chi connectivity index (χ4v) is 1.31. The highest BCUT2D eigenvalue weighted by Gasteiger charge is 1.96. The second kappa shape index (κ2) is 5.22. The van der Waals surface area contributed by atoms with Gasteiger partial charge in [0.25, 0.3) is 0 Å². The van der Waals surface area contributed by atoms with Crippen molar-refractivity contribution in [1.82, 2.24) is 0 Å². The summed E-state index contributed by atoms with van der Waals surface area (Å²) in [6, 6.07) is 8.19. The highest BCUT2D eigenvalue weighted by Crippen LogP contribution is 2.17. The summed E-state index contributed by atoms with van der Waals surface area (Å²) in [6.45, 7) is 8.51. The van der Waals surface area contributed by atoms with Crippen molar-refractivity contribution < 1.29 is 0 Å². The van der Waals surface area contributed by atoms with E-state index in [-0.39, 0.29) is 0 Å². The van der Waals surface area contributed by atoms with Gasteiger partial charge in [-0.15, -0.1) is 0 Å². The molecule has 0 aliphatic rings. The SMILES string of the molecule is C=N/C(=C\C)c1ccc(NCC)cc1. The molecule has 0 atom stereocenters. The van der Waals surface area contributed by atoms with Crippen LogP contribution >= 0.6 is 0 Å². The lowest BCUT2D eigenvalue weighted by Crippen LogP contribution is -1.95. The van der Waals surface area contributed by atoms with Gasteiger partial charge in [-0.2, -0.15) is 0 Å². The van der Waals surface area contributed by atoms with Crippen LogP contribution in [0, 0.1) is 0 Å². The Morgan fingerprint density at radius 1 is 1.43 bits per heavy atom. The van der Waals surface area contributed by atoms with Crippen LogP contribution in [0.2, 0.25) is 0 Å². The van der Waals surface area contributed by atoms with Crippen LogP contribution in [0.5, 0.6) is 0 Å². The van der Waals surface area contributed by atoms with Crippen molar-refractivity contribution in [2.75, 3.05) is 11.9 Å². The van der Waals surface area contributed by atoms with E-state index in [0.29, 0.717) is 0 Å². The topological polar surface area (TPSA) is 24.4 Å². The van der Waals surface area contributed by atoms with Crippen molar-refractivity contribution in [3.05, 3.63) is 35.9 Å². The van der Waals surface area contributed by atoms with E-state index in [1.807, 2.05) is 37.3 Å². The number of aliphatic imine (C=N–C) groups is 1. The standard InChI is InChI=1S/C12H16N2/c1-4-12(13-3)10-6-8-11(9-7-10)14-5-2/h4,6-9,14H,3,5H2,1-2H3/b12-4-. The minimum Gasteiger partial charge on any atom is -0.385 e. The molecule has 1 N–H and O–H groups in total. The monoisotopic (exact) mass is 188 g/mol. The van der Waals surface area contributed by atoms with E-state index in [2.05, 4.69) is 24.0 Å². The Kier molecular flexibility index (Phi) is 3.92. The molecular weight excluding hydrogens is 172 g/mol. The van der Waals surface area contributed by atoms with Crippen molar-refractivity contribution in [1.29, 1.82) is 0 Å². The van der Waals surface area contributed by atoms with Gasteiger partial charge >= 0.3 is 0 Å². The Morgan fingerprint density at radius 3 is 2.50 bits per heavy atom. The molecule has 0 saturated heterocycles. The zero-order chi connectivity index (χ0) is 10.4. The fourth-order valence-electron chi connectivity index (χ4n) is 1.31. The second-order valence-electron chi connectivity index (χ2n) is 2.94. The van der Waals surface area contributed by atoms with E-state index in [9.17, 15) is 0 Å². The molecular formula is C12H16N2. The van der Waals surface area contributed by atoms with E-state index in [1.54, 1.807) is 0 Å². The van der Waals surface area contributed by atoms with Crippen LogP contribution in [0.1, 0.15) is 19.4 Å². The zero-order valence-corrected chi connectivity index (χ0v) is 8.75. The molecule has 0 radical (unpaired) electrons. The second-order valence-corrected chi connectivity index (χ2v) is 2.94. The number of benzene rings is 1. The molecule has 0 fully saturated rings. The lowest BCUT2D eigenvalue weighted by Gasteiger charge is -2.04. The molecule has 2 heteroatoms. The summed E-state index contributed by atoms with van der Waals surface area (Å²) in [5, 5.41) is 3.24. The minimum absolute atomic E-state index is 0.924. The molecule has 74 valence electrons. The third-order valence-corrected chi connectivity index (χ3v) is 2.01. The molecule has 0 aliphatic heterocycles. The Bertz CT molecular complexity index is 323. The number of nitrogens with zero attached hydrogens (tertiary/aromatic N) is 1. The number of hydrogen-bond acceptors (Lipinski definition) is 2. The van der Waals surface area contributed by atoms with Gasteiger partial charge in [-0.1, -0.05) is 18.2 Å². The first-order chi connectivity index (χ1) is 6.81. The molecule has 1 aromatic carbocycles. The van der Waals surface area contributed by atoms with Gasteiger partial charge in [0, 0.05) is 12.2 Å². The van der Waals surface area contributed by atoms with Gasteiger partial charge in [0.15, 0.2) is 0 Å². The van der Waals surface area contributed by atoms with Gasteiger partial charge in [0.1, 0.15) is 0 Å². The Balaban J connectivity index is 2.87. The average Bonchev–Trinajstić information content (AvgIpc) is 2.23. The molecule has 0 spiro atoms. The first-order valence-corrected chi connectivity index (χ1v) is 4.79. The van der Waals surface area contributed by atoms with Gasteiger partial charge in [-0.3, -0.25) is 4.99 Å². The molecule has 0 bridgehead atoms. The lowest BCUT2D eigenvalue weighted by atomic mass is 10.1. The molecule has 0 saturated carbocycles. The van der Waals surface area contributed by atoms with E-state index in [0.717, 1.165) is 23.5 Å². The predicted molar refractivity (Wildman–Crippen MR) is 63.8 cm³/mol. The maximum Gasteiger partial charge on any atom is 0.0652 e. The van der Waals surface area contributed by atoms with Crippen molar-refractivity contribution in [2.45, 2.75) is 13.8 Å². The van der Waals surface area contributed by atoms with Crippen molar-refractivity contribution in [3.63, 3.8) is 0 Å². The van der Waals surface area contributed by atoms with E-state index < -0.39 is 0 Å². The van der Waals surface area contributed by atoms with E-state index >= 15 is 0 Å². The Hall–Kier alpha value is -1.57. The quantitative estimate of drug-likeness (QED) is 0.721. The number of nitrogens with one attached hydrogen (secondary N) is 1. The third-order valence-electron chi connectivity index (χ3n) is 2.01. The average molecular weight is 188 g/mol. The van der Waals surface area contributed by atoms with Crippen LogP contribution in [0.4, 0.5) is 5.69 Å². The molecule has 0 aliphatic carbocycles. The summed E-state index contributed by atoms with van der Waals surface area (Å²) in [6.07, 6.45) is 1.95. The van der Waals surface area contributed by atoms with Gasteiger partial charge in [0.05, 0.1) is 5.70 Å². The first kappa shape index (κ1) is 10.5. The normalized spacial score (nSPS) is 11.1. The van der Waals surface area contributed by atoms with Gasteiger partial charge in [-0.05, 0) is 38.3 Å². The summed E-state index contributed by atoms with van der Waals surface area (Å²) < 4.78 is 0. The highest BCUT2D eigenvalue weighted by atomic mass is 14.8. The lowest BCUT2D eigenvalue weighted by molar-refractivity contribution is 1.21. The number of anilines is 1. The molecule has 0 heterocycles. The van der Waals surface area contributed by atoms with E-state index in [1.165, 1.54) is 0 Å². The van der Waals surface area contributed by atoms with Gasteiger partial charge in [-0.25, -0.2) is 0 Å². The van der Waals surface area contributed by atoms with Crippen molar-refractivity contribution in [2.24, 2.45) is 4.99 Å². The van der Waals surface area contributed by atoms with Gasteiger partial charge < -0.3 is 5.32 Å². The van der Waals surface area contributed by atoms with Crippen LogP contribution in [0.25, 0.3) is 5.70 Å². The molecule has 14 heavy (non-hydrogen) atoms. The Morgan fingerprint density at radius 2 is 2.07 bits per heavy atom. The van der Waals surface area contributed by atoms with E-state index in [4.69, 9.17) is 0 Å². The summed E-state index contributed by atoms with van der Waals surface area (Å²) in [4.78, 5) is 3.94. The number of rotatable bonds is 4. The smallest absolute Gasteiger partial charge is 0.0652 e. The summed E-state index contributed by atoms with van der Waals surface area (Å²) in [5.74, 6) is 0. The fraction of sp³-hybridized carbons (Fsp3) is 0.250. The summed E-state index contributed by atoms with van der Waals surface area (Å²) >= 11 is 0.